The zero-order chi connectivity index (χ0) is 13.1. The maximum Gasteiger partial charge on any atom is 0.310 e. The molecule has 1 aliphatic carbocycles. The summed E-state index contributed by atoms with van der Waals surface area (Å²) in [4.78, 5) is 25.8. The number of rotatable bonds is 3. The van der Waals surface area contributed by atoms with Crippen molar-refractivity contribution in [2.75, 3.05) is 0 Å². The van der Waals surface area contributed by atoms with E-state index < -0.39 is 29.8 Å². The van der Waals surface area contributed by atoms with Crippen molar-refractivity contribution in [3.8, 4) is 0 Å². The highest BCUT2D eigenvalue weighted by molar-refractivity contribution is 5.94. The second-order valence-corrected chi connectivity index (χ2v) is 3.99. The molecule has 2 atom stereocenters. The first-order valence-electron chi connectivity index (χ1n) is 5.40. The van der Waals surface area contributed by atoms with Crippen LogP contribution in [-0.4, -0.2) is 28.0 Å². The molecule has 94 valence electrons. The molecule has 0 radical (unpaired) electrons. The van der Waals surface area contributed by atoms with E-state index in [0.29, 0.717) is 0 Å². The van der Waals surface area contributed by atoms with Gasteiger partial charge in [0.05, 0.1) is 11.5 Å². The highest BCUT2D eigenvalue weighted by atomic mass is 19.1. The number of aromatic nitrogens is 1. The van der Waals surface area contributed by atoms with Crippen LogP contribution in [0, 0.1) is 11.9 Å². The average Bonchev–Trinajstić information content (AvgIpc) is 2.78. The number of halogens is 1. The zero-order valence-corrected chi connectivity index (χ0v) is 9.34. The van der Waals surface area contributed by atoms with E-state index in [9.17, 15) is 14.0 Å². The monoisotopic (exact) mass is 250 g/mol. The predicted molar refractivity (Wildman–Crippen MR) is 60.3 cm³/mol. The second kappa shape index (κ2) is 4.95. The van der Waals surface area contributed by atoms with Crippen molar-refractivity contribution in [3.63, 3.8) is 0 Å². The quantitative estimate of drug-likeness (QED) is 0.619. The van der Waals surface area contributed by atoms with Crippen LogP contribution in [0.1, 0.15) is 16.8 Å². The van der Waals surface area contributed by atoms with E-state index in [1.807, 2.05) is 0 Å². The average molecular weight is 250 g/mol. The summed E-state index contributed by atoms with van der Waals surface area (Å²) in [7, 11) is 0. The van der Waals surface area contributed by atoms with E-state index in [4.69, 9.17) is 5.11 Å². The maximum atomic E-state index is 13.2. The lowest BCUT2D eigenvalue weighted by Crippen LogP contribution is -2.33. The number of carboxylic acid groups (broad SMARTS) is 1. The molecule has 1 amide bonds. The van der Waals surface area contributed by atoms with Gasteiger partial charge in [0.2, 0.25) is 5.95 Å². The molecule has 0 saturated heterocycles. The summed E-state index contributed by atoms with van der Waals surface area (Å²) >= 11 is 0. The lowest BCUT2D eigenvalue weighted by molar-refractivity contribution is -0.140. The summed E-state index contributed by atoms with van der Waals surface area (Å²) in [6.45, 7) is 0. The third-order valence-corrected chi connectivity index (χ3v) is 2.72. The van der Waals surface area contributed by atoms with Gasteiger partial charge in [0.25, 0.3) is 5.91 Å². The molecular weight excluding hydrogens is 239 g/mol. The molecule has 0 fully saturated rings. The molecule has 2 unspecified atom stereocenters. The first-order valence-corrected chi connectivity index (χ1v) is 5.40. The maximum absolute atomic E-state index is 13.2. The Bertz CT molecular complexity index is 516. The summed E-state index contributed by atoms with van der Waals surface area (Å²) in [6, 6.07) is 2.39. The Morgan fingerprint density at radius 3 is 2.83 bits per heavy atom. The van der Waals surface area contributed by atoms with Gasteiger partial charge in [0.15, 0.2) is 0 Å². The second-order valence-electron chi connectivity index (χ2n) is 3.99. The first kappa shape index (κ1) is 12.2. The SMILES string of the molecule is O=C(NC1C=CC(C(=O)O)C1)c1cccnc1F. The van der Waals surface area contributed by atoms with Crippen molar-refractivity contribution >= 4 is 11.9 Å². The third kappa shape index (κ3) is 2.53. The van der Waals surface area contributed by atoms with Crippen molar-refractivity contribution in [1.29, 1.82) is 0 Å². The summed E-state index contributed by atoms with van der Waals surface area (Å²) in [6.07, 6.45) is 4.66. The minimum atomic E-state index is -0.935. The standard InChI is InChI=1S/C12H11FN2O3/c13-10-9(2-1-5-14-10)11(16)15-8-4-3-7(6-8)12(17)18/h1-5,7-8H,6H2,(H,15,16)(H,17,18). The number of amides is 1. The summed E-state index contributed by atoms with van der Waals surface area (Å²) in [5, 5.41) is 11.3. The number of hydrogen-bond acceptors (Lipinski definition) is 3. The normalized spacial score (nSPS) is 21.8. The molecule has 0 bridgehead atoms. The van der Waals surface area contributed by atoms with Crippen LogP contribution in [0.15, 0.2) is 30.5 Å². The Morgan fingerprint density at radius 1 is 1.44 bits per heavy atom. The van der Waals surface area contributed by atoms with E-state index in [1.165, 1.54) is 24.4 Å². The van der Waals surface area contributed by atoms with E-state index in [-0.39, 0.29) is 12.0 Å². The topological polar surface area (TPSA) is 79.3 Å². The van der Waals surface area contributed by atoms with Gasteiger partial charge in [-0.3, -0.25) is 9.59 Å². The molecule has 6 heteroatoms. The number of carbonyl (C=O) groups excluding carboxylic acids is 1. The van der Waals surface area contributed by atoms with E-state index >= 15 is 0 Å². The molecule has 0 saturated carbocycles. The zero-order valence-electron chi connectivity index (χ0n) is 9.34. The van der Waals surface area contributed by atoms with Gasteiger partial charge in [-0.25, -0.2) is 4.98 Å². The fourth-order valence-corrected chi connectivity index (χ4v) is 1.79. The Balaban J connectivity index is 2.00. The van der Waals surface area contributed by atoms with E-state index in [1.54, 1.807) is 6.08 Å². The molecule has 1 aromatic heterocycles. The number of carboxylic acids is 1. The van der Waals surface area contributed by atoms with Crippen molar-refractivity contribution in [3.05, 3.63) is 42.0 Å². The summed E-state index contributed by atoms with van der Waals surface area (Å²) < 4.78 is 13.2. The largest absolute Gasteiger partial charge is 0.481 e. The summed E-state index contributed by atoms with van der Waals surface area (Å²) in [5.74, 6) is -2.97. The molecule has 0 aromatic carbocycles. The van der Waals surface area contributed by atoms with Crippen LogP contribution < -0.4 is 5.32 Å². The highest BCUT2D eigenvalue weighted by Crippen LogP contribution is 2.18. The van der Waals surface area contributed by atoms with Gasteiger partial charge >= 0.3 is 5.97 Å². The highest BCUT2D eigenvalue weighted by Gasteiger charge is 2.26. The molecular formula is C12H11FN2O3. The van der Waals surface area contributed by atoms with Crippen LogP contribution in [-0.2, 0) is 4.79 Å². The van der Waals surface area contributed by atoms with Crippen molar-refractivity contribution in [2.24, 2.45) is 5.92 Å². The molecule has 2 rings (SSSR count). The Hall–Kier alpha value is -2.24. The van der Waals surface area contributed by atoms with Crippen LogP contribution in [0.2, 0.25) is 0 Å². The molecule has 18 heavy (non-hydrogen) atoms. The van der Waals surface area contributed by atoms with Gasteiger partial charge in [-0.2, -0.15) is 4.39 Å². The molecule has 2 N–H and O–H groups in total. The number of aliphatic carboxylic acids is 1. The van der Waals surface area contributed by atoms with Crippen LogP contribution in [0.4, 0.5) is 4.39 Å². The molecule has 0 spiro atoms. The van der Waals surface area contributed by atoms with Crippen LogP contribution in [0.3, 0.4) is 0 Å². The van der Waals surface area contributed by atoms with Gasteiger partial charge in [-0.15, -0.1) is 0 Å². The number of hydrogen-bond donors (Lipinski definition) is 2. The minimum Gasteiger partial charge on any atom is -0.481 e. The smallest absolute Gasteiger partial charge is 0.310 e. The van der Waals surface area contributed by atoms with Gasteiger partial charge in [-0.1, -0.05) is 12.2 Å². The van der Waals surface area contributed by atoms with Crippen LogP contribution >= 0.6 is 0 Å². The fourth-order valence-electron chi connectivity index (χ4n) is 1.79. The van der Waals surface area contributed by atoms with Gasteiger partial charge in [0.1, 0.15) is 0 Å². The van der Waals surface area contributed by atoms with Crippen LogP contribution in [0.25, 0.3) is 0 Å². The van der Waals surface area contributed by atoms with Crippen molar-refractivity contribution in [1.82, 2.24) is 10.3 Å². The van der Waals surface area contributed by atoms with Crippen LogP contribution in [0.5, 0.6) is 0 Å². The Morgan fingerprint density at radius 2 is 2.22 bits per heavy atom. The van der Waals surface area contributed by atoms with Crippen molar-refractivity contribution in [2.45, 2.75) is 12.5 Å². The lowest BCUT2D eigenvalue weighted by atomic mass is 10.1. The third-order valence-electron chi connectivity index (χ3n) is 2.72. The van der Waals surface area contributed by atoms with Gasteiger partial charge < -0.3 is 10.4 Å². The van der Waals surface area contributed by atoms with E-state index in [0.717, 1.165) is 0 Å². The lowest BCUT2D eigenvalue weighted by Gasteiger charge is -2.12. The first-order chi connectivity index (χ1) is 8.58. The van der Waals surface area contributed by atoms with E-state index in [2.05, 4.69) is 10.3 Å². The Labute approximate surface area is 102 Å². The predicted octanol–water partition coefficient (Wildman–Crippen LogP) is 0.980. The van der Waals surface area contributed by atoms with Gasteiger partial charge in [0, 0.05) is 12.2 Å². The molecule has 5 nitrogen and oxygen atoms in total. The molecule has 1 heterocycles. The van der Waals surface area contributed by atoms with Gasteiger partial charge in [-0.05, 0) is 18.6 Å². The number of pyridine rings is 1. The summed E-state index contributed by atoms with van der Waals surface area (Å²) in [5.41, 5.74) is -0.148. The molecule has 0 aliphatic heterocycles. The Kier molecular flexibility index (Phi) is 3.36. The number of carbonyl (C=O) groups is 2. The molecule has 1 aliphatic rings. The number of nitrogens with one attached hydrogen (secondary N) is 1. The number of nitrogens with zero attached hydrogens (tertiary/aromatic N) is 1. The minimum absolute atomic E-state index is 0.148. The molecule has 1 aromatic rings. The van der Waals surface area contributed by atoms with Crippen molar-refractivity contribution < 1.29 is 19.1 Å². The fraction of sp³-hybridized carbons (Fsp3) is 0.250.